The molecule has 2 heterocycles. The first-order valence-corrected chi connectivity index (χ1v) is 12.4. The van der Waals surface area contributed by atoms with E-state index >= 15 is 0 Å². The van der Waals surface area contributed by atoms with Crippen molar-refractivity contribution in [1.82, 2.24) is 15.1 Å². The third kappa shape index (κ3) is 8.69. The molecule has 2 fully saturated rings. The molecule has 0 aliphatic carbocycles. The van der Waals surface area contributed by atoms with Crippen molar-refractivity contribution in [3.05, 3.63) is 60.3 Å². The van der Waals surface area contributed by atoms with E-state index in [0.29, 0.717) is 6.42 Å². The first kappa shape index (κ1) is 27.2. The van der Waals surface area contributed by atoms with Crippen LogP contribution in [0.1, 0.15) is 52.4 Å². The molecular weight excluding hydrogens is 424 g/mol. The molecule has 2 aliphatic rings. The van der Waals surface area contributed by atoms with Gasteiger partial charge in [0.2, 0.25) is 5.91 Å². The molecule has 0 atom stereocenters. The Hall–Kier alpha value is -3.09. The molecule has 2 rings (SSSR count). The molecule has 0 saturated carbocycles. The highest BCUT2D eigenvalue weighted by Crippen LogP contribution is 2.21. The van der Waals surface area contributed by atoms with Crippen LogP contribution in [0.3, 0.4) is 0 Å². The number of primary amides is 1. The molecule has 2 saturated heterocycles. The Morgan fingerprint density at radius 2 is 1.85 bits per heavy atom. The van der Waals surface area contributed by atoms with Crippen molar-refractivity contribution in [3.8, 4) is 0 Å². The Morgan fingerprint density at radius 1 is 1.15 bits per heavy atom. The van der Waals surface area contributed by atoms with Crippen molar-refractivity contribution in [2.75, 3.05) is 33.2 Å². The van der Waals surface area contributed by atoms with Crippen molar-refractivity contribution in [3.63, 3.8) is 0 Å². The number of carbonyl (C=O) groups excluding carboxylic acids is 1. The predicted molar refractivity (Wildman–Crippen MR) is 143 cm³/mol. The molecule has 0 unspecified atom stereocenters. The largest absolute Gasteiger partial charge is 0.393 e. The zero-order valence-corrected chi connectivity index (χ0v) is 21.2. The number of carbonyl (C=O) groups is 1. The SMILES string of the molecule is C=C/C(=C\C/C=C(C)/C(=C/C)/N=C(\C/C=N\C=C/NC)N1CCC(C(N)=O)CC1)N1CCCC1. The lowest BCUT2D eigenvalue weighted by Crippen LogP contribution is -2.42. The Balaban J connectivity index is 2.15. The van der Waals surface area contributed by atoms with Gasteiger partial charge in [-0.05, 0) is 57.6 Å². The van der Waals surface area contributed by atoms with Gasteiger partial charge in [0.15, 0.2) is 0 Å². The minimum Gasteiger partial charge on any atom is -0.393 e. The Bertz CT molecular complexity index is 850. The number of amidine groups is 1. The maximum atomic E-state index is 11.6. The van der Waals surface area contributed by atoms with E-state index in [-0.39, 0.29) is 11.8 Å². The monoisotopic (exact) mass is 466 g/mol. The smallest absolute Gasteiger partial charge is 0.220 e. The Morgan fingerprint density at radius 3 is 2.44 bits per heavy atom. The minimum atomic E-state index is -0.203. The van der Waals surface area contributed by atoms with Gasteiger partial charge in [-0.15, -0.1) is 0 Å². The lowest BCUT2D eigenvalue weighted by Gasteiger charge is -2.33. The molecule has 3 N–H and O–H groups in total. The van der Waals surface area contributed by atoms with Gasteiger partial charge in [-0.3, -0.25) is 9.79 Å². The number of amides is 1. The highest BCUT2D eigenvalue weighted by molar-refractivity contribution is 5.95. The quantitative estimate of drug-likeness (QED) is 0.272. The zero-order valence-electron chi connectivity index (χ0n) is 21.2. The second kappa shape index (κ2) is 14.9. The molecule has 7 heteroatoms. The van der Waals surface area contributed by atoms with Crippen molar-refractivity contribution in [2.24, 2.45) is 21.6 Å². The average molecular weight is 467 g/mol. The maximum Gasteiger partial charge on any atom is 0.220 e. The van der Waals surface area contributed by atoms with Gasteiger partial charge in [-0.1, -0.05) is 24.8 Å². The molecule has 0 radical (unpaired) electrons. The van der Waals surface area contributed by atoms with E-state index in [0.717, 1.165) is 62.5 Å². The lowest BCUT2D eigenvalue weighted by molar-refractivity contribution is -0.122. The molecule has 0 aromatic carbocycles. The van der Waals surface area contributed by atoms with E-state index < -0.39 is 0 Å². The number of nitrogens with two attached hydrogens (primary N) is 1. The summed E-state index contributed by atoms with van der Waals surface area (Å²) in [7, 11) is 1.84. The van der Waals surface area contributed by atoms with Gasteiger partial charge in [-0.25, -0.2) is 4.99 Å². The number of allylic oxidation sites excluding steroid dienone is 5. The summed E-state index contributed by atoms with van der Waals surface area (Å²) in [4.78, 5) is 25.6. The van der Waals surface area contributed by atoms with Crippen LogP contribution in [0.25, 0.3) is 0 Å². The third-order valence-corrected chi connectivity index (χ3v) is 6.33. The Kier molecular flexibility index (Phi) is 11.9. The van der Waals surface area contributed by atoms with Crippen molar-refractivity contribution in [1.29, 1.82) is 0 Å². The van der Waals surface area contributed by atoms with E-state index in [9.17, 15) is 4.79 Å². The number of likely N-dealkylation sites (tertiary alicyclic amines) is 2. The van der Waals surface area contributed by atoms with Crippen LogP contribution in [0.5, 0.6) is 0 Å². The summed E-state index contributed by atoms with van der Waals surface area (Å²) in [6.45, 7) is 11.9. The van der Waals surface area contributed by atoms with Gasteiger partial charge >= 0.3 is 0 Å². The van der Waals surface area contributed by atoms with Crippen molar-refractivity contribution in [2.45, 2.75) is 52.4 Å². The van der Waals surface area contributed by atoms with Crippen LogP contribution >= 0.6 is 0 Å². The number of rotatable bonds is 11. The molecule has 0 spiro atoms. The maximum absolute atomic E-state index is 11.6. The van der Waals surface area contributed by atoms with Gasteiger partial charge in [-0.2, -0.15) is 0 Å². The number of aliphatic imine (C=N–C) groups is 2. The molecule has 0 aromatic heterocycles. The number of hydrogen-bond donors (Lipinski definition) is 2. The molecule has 186 valence electrons. The minimum absolute atomic E-state index is 0.0472. The van der Waals surface area contributed by atoms with Crippen molar-refractivity contribution >= 4 is 18.0 Å². The van der Waals surface area contributed by atoms with Crippen molar-refractivity contribution < 1.29 is 4.79 Å². The van der Waals surface area contributed by atoms with Crippen LogP contribution in [0.15, 0.2) is 70.2 Å². The fourth-order valence-corrected chi connectivity index (χ4v) is 4.28. The summed E-state index contributed by atoms with van der Waals surface area (Å²) in [6.07, 6.45) is 19.3. The predicted octanol–water partition coefficient (Wildman–Crippen LogP) is 4.14. The zero-order chi connectivity index (χ0) is 24.8. The summed E-state index contributed by atoms with van der Waals surface area (Å²) in [6, 6.07) is 0. The van der Waals surface area contributed by atoms with E-state index in [4.69, 9.17) is 10.7 Å². The lowest BCUT2D eigenvalue weighted by atomic mass is 9.96. The van der Waals surface area contributed by atoms with Gasteiger partial charge in [0.1, 0.15) is 5.84 Å². The summed E-state index contributed by atoms with van der Waals surface area (Å²) in [5.74, 6) is 0.712. The third-order valence-electron chi connectivity index (χ3n) is 6.33. The molecule has 34 heavy (non-hydrogen) atoms. The topological polar surface area (TPSA) is 86.3 Å². The van der Waals surface area contributed by atoms with E-state index in [1.54, 1.807) is 12.4 Å². The number of hydrogen-bond acceptors (Lipinski definition) is 5. The Labute approximate surface area is 205 Å². The molecular formula is C27H42N6O. The second-order valence-corrected chi connectivity index (χ2v) is 8.66. The highest BCUT2D eigenvalue weighted by atomic mass is 16.1. The molecule has 2 aliphatic heterocycles. The van der Waals surface area contributed by atoms with Crippen LogP contribution < -0.4 is 11.1 Å². The normalized spacial score (nSPS) is 19.5. The van der Waals surface area contributed by atoms with Crippen LogP contribution in [0, 0.1) is 5.92 Å². The second-order valence-electron chi connectivity index (χ2n) is 8.66. The average Bonchev–Trinajstić information content (AvgIpc) is 3.38. The summed E-state index contributed by atoms with van der Waals surface area (Å²) < 4.78 is 0. The van der Waals surface area contributed by atoms with Gasteiger partial charge in [0.05, 0.1) is 5.70 Å². The first-order chi connectivity index (χ1) is 16.5. The van der Waals surface area contributed by atoms with Gasteiger partial charge < -0.3 is 20.9 Å². The molecule has 7 nitrogen and oxygen atoms in total. The number of nitrogens with one attached hydrogen (secondary N) is 1. The van der Waals surface area contributed by atoms with Crippen LogP contribution in [-0.2, 0) is 4.79 Å². The fraction of sp³-hybridized carbons (Fsp3) is 0.519. The number of piperidine rings is 1. The van der Waals surface area contributed by atoms with E-state index in [1.165, 1.54) is 18.5 Å². The van der Waals surface area contributed by atoms with E-state index in [1.807, 2.05) is 26.3 Å². The fourth-order valence-electron chi connectivity index (χ4n) is 4.28. The summed E-state index contributed by atoms with van der Waals surface area (Å²) in [5, 5.41) is 2.93. The van der Waals surface area contributed by atoms with Crippen LogP contribution in [-0.4, -0.2) is 61.0 Å². The van der Waals surface area contributed by atoms with Crippen LogP contribution in [0.4, 0.5) is 0 Å². The standard InChI is InChI=1S/C27H42N6O/c1-5-24(32-18-7-8-19-32)11-9-10-22(3)25(6-2)31-26(12-15-30-17-16-29-4)33-20-13-23(14-21-33)27(28)34/h5-6,10-11,15-17,23,29H,1,7-9,12-14,18-21H2,2-4H3,(H2,28,34)/b17-16-,22-10+,24-11+,25-6-,30-15-,31-26+. The van der Waals surface area contributed by atoms with Gasteiger partial charge in [0, 0.05) is 69.9 Å². The highest BCUT2D eigenvalue weighted by Gasteiger charge is 2.24. The van der Waals surface area contributed by atoms with Crippen LogP contribution in [0.2, 0.25) is 0 Å². The summed E-state index contributed by atoms with van der Waals surface area (Å²) in [5.41, 5.74) is 8.84. The van der Waals surface area contributed by atoms with E-state index in [2.05, 4.69) is 51.8 Å². The molecule has 0 aromatic rings. The molecule has 0 bridgehead atoms. The number of nitrogens with zero attached hydrogens (tertiary/aromatic N) is 4. The molecule has 1 amide bonds. The first-order valence-electron chi connectivity index (χ1n) is 12.4. The summed E-state index contributed by atoms with van der Waals surface area (Å²) >= 11 is 0. The van der Waals surface area contributed by atoms with Gasteiger partial charge in [0.25, 0.3) is 0 Å².